The number of azide groups is 1. The van der Waals surface area contributed by atoms with Gasteiger partial charge < -0.3 is 93.5 Å². The highest BCUT2D eigenvalue weighted by molar-refractivity contribution is 5.02. The van der Waals surface area contributed by atoms with Crippen molar-refractivity contribution < 1.29 is 59.1 Å². The van der Waals surface area contributed by atoms with Crippen molar-refractivity contribution in [2.24, 2.45) is 39.5 Å². The molecule has 4 rings (SSSR count). The second-order valence-corrected chi connectivity index (χ2v) is 11.5. The SMILES string of the molecule is [N-]=[N+]=NC[C@H]1O[C@@H](O[C@@H]2[C@@H](O)[C@H](N)C[C@H](N)[C@H]2O[C@H]2O[C@H](CN)[C@@H](O)[C@H](O)[C@H]2N)[C@H](O)[C@@H]1O[C@H]1O[C@@H](CN)[C@@H](O)[C@H](O)[C@H]1N. The molecule has 21 heteroatoms. The number of hydrogen-bond donors (Lipinski definition) is 12. The first kappa shape index (κ1) is 35.4. The van der Waals surface area contributed by atoms with Gasteiger partial charge in [-0.2, -0.15) is 0 Å². The van der Waals surface area contributed by atoms with Gasteiger partial charge in [-0.25, -0.2) is 0 Å². The molecule has 3 saturated heterocycles. The minimum Gasteiger partial charge on any atom is -0.389 e. The minimum atomic E-state index is -1.63. The molecule has 1 saturated carbocycles. The Hall–Kier alpha value is -1.41. The minimum absolute atomic E-state index is 0.0753. The van der Waals surface area contributed by atoms with Gasteiger partial charge in [-0.05, 0) is 12.0 Å². The number of aliphatic hydroxyl groups excluding tert-OH is 6. The van der Waals surface area contributed by atoms with E-state index in [1.807, 2.05) is 0 Å². The van der Waals surface area contributed by atoms with E-state index in [9.17, 15) is 30.6 Å². The van der Waals surface area contributed by atoms with Crippen LogP contribution in [0.3, 0.4) is 0 Å². The van der Waals surface area contributed by atoms with Gasteiger partial charge in [0, 0.05) is 30.1 Å². The molecule has 0 aromatic heterocycles. The van der Waals surface area contributed by atoms with Gasteiger partial charge in [-0.1, -0.05) is 5.11 Å². The molecule has 254 valence electrons. The average molecular weight is 640 g/mol. The molecule has 0 bridgehead atoms. The highest BCUT2D eigenvalue weighted by Gasteiger charge is 2.54. The summed E-state index contributed by atoms with van der Waals surface area (Å²) in [7, 11) is 0. The van der Waals surface area contributed by atoms with Gasteiger partial charge in [0.25, 0.3) is 0 Å². The predicted octanol–water partition coefficient (Wildman–Crippen LogP) is -7.58. The molecule has 4 aliphatic rings. The Morgan fingerprint density at radius 1 is 0.614 bits per heavy atom. The topological polar surface area (TPSA) is 382 Å². The summed E-state index contributed by atoms with van der Waals surface area (Å²) in [6.45, 7) is -0.690. The lowest BCUT2D eigenvalue weighted by Gasteiger charge is -2.47. The number of hydrogen-bond acceptors (Lipinski definition) is 19. The van der Waals surface area contributed by atoms with Gasteiger partial charge in [-0.15, -0.1) is 0 Å². The number of nitrogens with zero attached hydrogens (tertiary/aromatic N) is 3. The van der Waals surface area contributed by atoms with Gasteiger partial charge in [-0.3, -0.25) is 0 Å². The molecule has 0 spiro atoms. The van der Waals surface area contributed by atoms with E-state index >= 15 is 0 Å². The first-order chi connectivity index (χ1) is 20.8. The summed E-state index contributed by atoms with van der Waals surface area (Å²) in [6, 6.07) is -4.26. The monoisotopic (exact) mass is 639 g/mol. The molecule has 3 heterocycles. The summed E-state index contributed by atoms with van der Waals surface area (Å²) in [4.78, 5) is 2.70. The standard InChI is InChI=1S/C23H45N9O12/c24-2-7-13(34)15(36)10(28)21(39-7)42-18-6(27)1-5(26)12(33)20(18)44-23-17(38)19(9(41-23)4-31-32-30)43-22-11(29)16(37)14(35)8(3-25)40-22/h5-23,33-38H,1-4,24-29H2/t5-,6+,7-,8+,9-,10-,11-,12+,13-,14-,15-,16-,17-,18-,19-,20-,21-,22-,23+/m1/s1. The van der Waals surface area contributed by atoms with Crippen LogP contribution in [0.4, 0.5) is 0 Å². The van der Waals surface area contributed by atoms with Gasteiger partial charge in [0.15, 0.2) is 18.9 Å². The molecular weight excluding hydrogens is 594 g/mol. The molecule has 0 unspecified atom stereocenters. The maximum absolute atomic E-state index is 11.3. The fraction of sp³-hybridized carbons (Fsp3) is 1.00. The first-order valence-electron chi connectivity index (χ1n) is 14.3. The Bertz CT molecular complexity index is 985. The molecule has 21 nitrogen and oxygen atoms in total. The number of aliphatic hydroxyl groups is 6. The molecule has 1 aliphatic carbocycles. The maximum Gasteiger partial charge on any atom is 0.187 e. The smallest absolute Gasteiger partial charge is 0.187 e. The molecule has 4 fully saturated rings. The van der Waals surface area contributed by atoms with Gasteiger partial charge in [0.2, 0.25) is 0 Å². The third-order valence-electron chi connectivity index (χ3n) is 8.52. The Kier molecular flexibility index (Phi) is 12.1. The van der Waals surface area contributed by atoms with Crippen LogP contribution in [-0.4, -0.2) is 167 Å². The van der Waals surface area contributed by atoms with Crippen LogP contribution in [0.15, 0.2) is 5.11 Å². The zero-order valence-corrected chi connectivity index (χ0v) is 23.7. The lowest BCUT2D eigenvalue weighted by molar-refractivity contribution is -0.306. The molecule has 0 aromatic carbocycles. The number of rotatable bonds is 10. The summed E-state index contributed by atoms with van der Waals surface area (Å²) in [5.41, 5.74) is 44.7. The fourth-order valence-corrected chi connectivity index (χ4v) is 5.86. The van der Waals surface area contributed by atoms with Crippen molar-refractivity contribution in [1.82, 2.24) is 0 Å². The highest BCUT2D eigenvalue weighted by Crippen LogP contribution is 2.34. The molecular formula is C23H45N9O12. The van der Waals surface area contributed by atoms with E-state index in [0.29, 0.717) is 0 Å². The zero-order valence-electron chi connectivity index (χ0n) is 23.7. The van der Waals surface area contributed by atoms with Crippen molar-refractivity contribution in [2.45, 2.75) is 123 Å². The summed E-state index contributed by atoms with van der Waals surface area (Å²) in [6.07, 6.45) is -20.0. The van der Waals surface area contributed by atoms with Crippen molar-refractivity contribution in [3.05, 3.63) is 10.4 Å². The van der Waals surface area contributed by atoms with E-state index in [-0.39, 0.29) is 26.1 Å². The van der Waals surface area contributed by atoms with E-state index in [2.05, 4.69) is 10.0 Å². The van der Waals surface area contributed by atoms with Crippen LogP contribution in [-0.2, 0) is 28.4 Å². The van der Waals surface area contributed by atoms with Crippen LogP contribution in [0.5, 0.6) is 0 Å². The predicted molar refractivity (Wildman–Crippen MR) is 145 cm³/mol. The summed E-state index contributed by atoms with van der Waals surface area (Å²) >= 11 is 0. The Labute approximate surface area is 251 Å². The van der Waals surface area contributed by atoms with E-state index in [4.69, 9.17) is 68.4 Å². The normalized spacial score (nSPS) is 51.6. The number of ether oxygens (including phenoxy) is 6. The lowest BCUT2D eigenvalue weighted by Crippen LogP contribution is -2.68. The van der Waals surface area contributed by atoms with Gasteiger partial charge in [0.1, 0.15) is 61.0 Å². The molecule has 3 aliphatic heterocycles. The van der Waals surface area contributed by atoms with Crippen LogP contribution < -0.4 is 34.4 Å². The Balaban J connectivity index is 1.54. The molecule has 44 heavy (non-hydrogen) atoms. The van der Waals surface area contributed by atoms with Crippen LogP contribution in [0.25, 0.3) is 10.4 Å². The Morgan fingerprint density at radius 2 is 1.09 bits per heavy atom. The van der Waals surface area contributed by atoms with Crippen LogP contribution in [0.2, 0.25) is 0 Å². The van der Waals surface area contributed by atoms with E-state index in [1.165, 1.54) is 0 Å². The van der Waals surface area contributed by atoms with Crippen molar-refractivity contribution in [1.29, 1.82) is 0 Å². The third-order valence-corrected chi connectivity index (χ3v) is 8.52. The Morgan fingerprint density at radius 3 is 1.59 bits per heavy atom. The zero-order chi connectivity index (χ0) is 32.5. The average Bonchev–Trinajstić information content (AvgIpc) is 3.29. The van der Waals surface area contributed by atoms with E-state index < -0.39 is 116 Å². The summed E-state index contributed by atoms with van der Waals surface area (Å²) < 4.78 is 35.0. The molecule has 0 amide bonds. The van der Waals surface area contributed by atoms with E-state index in [1.54, 1.807) is 0 Å². The van der Waals surface area contributed by atoms with Crippen molar-refractivity contribution in [3.8, 4) is 0 Å². The fourth-order valence-electron chi connectivity index (χ4n) is 5.86. The first-order valence-corrected chi connectivity index (χ1v) is 14.3. The second kappa shape index (κ2) is 15.0. The van der Waals surface area contributed by atoms with E-state index in [0.717, 1.165) is 0 Å². The third kappa shape index (κ3) is 7.11. The number of nitrogens with two attached hydrogens (primary N) is 6. The summed E-state index contributed by atoms with van der Waals surface area (Å²) in [5, 5.41) is 66.9. The van der Waals surface area contributed by atoms with Crippen LogP contribution >= 0.6 is 0 Å². The van der Waals surface area contributed by atoms with Crippen LogP contribution in [0.1, 0.15) is 6.42 Å². The molecule has 0 radical (unpaired) electrons. The molecule has 0 aromatic rings. The second-order valence-electron chi connectivity index (χ2n) is 11.5. The highest BCUT2D eigenvalue weighted by atomic mass is 16.8. The quantitative estimate of drug-likeness (QED) is 0.0599. The largest absolute Gasteiger partial charge is 0.389 e. The van der Waals surface area contributed by atoms with Crippen molar-refractivity contribution in [2.75, 3.05) is 19.6 Å². The maximum atomic E-state index is 11.3. The lowest BCUT2D eigenvalue weighted by atomic mass is 9.84. The molecule has 18 N–H and O–H groups in total. The van der Waals surface area contributed by atoms with Crippen molar-refractivity contribution in [3.63, 3.8) is 0 Å². The van der Waals surface area contributed by atoms with Gasteiger partial charge in [0.05, 0.1) is 30.8 Å². The molecule has 19 atom stereocenters. The summed E-state index contributed by atoms with van der Waals surface area (Å²) in [5.74, 6) is 0. The van der Waals surface area contributed by atoms with Crippen LogP contribution in [0, 0.1) is 0 Å². The van der Waals surface area contributed by atoms with Crippen molar-refractivity contribution >= 4 is 0 Å². The van der Waals surface area contributed by atoms with Gasteiger partial charge >= 0.3 is 0 Å².